The number of benzene rings is 1. The fourth-order valence-electron chi connectivity index (χ4n) is 7.92. The minimum Gasteiger partial charge on any atom is -0.390 e. The topological polar surface area (TPSA) is 112 Å². The van der Waals surface area contributed by atoms with Crippen molar-refractivity contribution in [2.24, 2.45) is 23.5 Å². The van der Waals surface area contributed by atoms with Crippen LogP contribution in [0.1, 0.15) is 68.9 Å². The second-order valence-corrected chi connectivity index (χ2v) is 13.1. The van der Waals surface area contributed by atoms with E-state index in [1.807, 2.05) is 38.1 Å². The van der Waals surface area contributed by atoms with Crippen LogP contribution in [0.15, 0.2) is 42.5 Å². The molecular formula is C31H41N5O3. The number of amides is 2. The van der Waals surface area contributed by atoms with Crippen LogP contribution in [0.25, 0.3) is 0 Å². The molecule has 0 radical (unpaired) electrons. The first-order valence-corrected chi connectivity index (χ1v) is 14.4. The normalized spacial score (nSPS) is 31.8. The number of pyridine rings is 1. The van der Waals surface area contributed by atoms with E-state index in [0.717, 1.165) is 68.8 Å². The van der Waals surface area contributed by atoms with Crippen LogP contribution in [0.3, 0.4) is 0 Å². The van der Waals surface area contributed by atoms with Gasteiger partial charge in [-0.1, -0.05) is 18.2 Å². The number of nitrogens with one attached hydrogen (secondary N) is 1. The maximum atomic E-state index is 13.3. The first kappa shape index (κ1) is 26.1. The molecule has 1 aromatic heterocycles. The highest BCUT2D eigenvalue weighted by Crippen LogP contribution is 2.55. The smallest absolute Gasteiger partial charge is 0.270 e. The summed E-state index contributed by atoms with van der Waals surface area (Å²) in [5.41, 5.74) is 6.87. The Morgan fingerprint density at radius 1 is 1.05 bits per heavy atom. The van der Waals surface area contributed by atoms with Gasteiger partial charge in [-0.05, 0) is 100 Å². The molecule has 4 saturated carbocycles. The molecule has 5 fully saturated rings. The first-order valence-electron chi connectivity index (χ1n) is 14.4. The average Bonchev–Trinajstić information content (AvgIpc) is 2.89. The van der Waals surface area contributed by atoms with E-state index in [-0.39, 0.29) is 23.9 Å². The highest BCUT2D eigenvalue weighted by Gasteiger charge is 2.55. The number of hydrogen-bond donors (Lipinski definition) is 3. The molecule has 4 N–H and O–H groups in total. The van der Waals surface area contributed by atoms with Crippen LogP contribution in [0.2, 0.25) is 0 Å². The molecule has 2 amide bonds. The van der Waals surface area contributed by atoms with Gasteiger partial charge in [-0.25, -0.2) is 4.98 Å². The largest absolute Gasteiger partial charge is 0.390 e. The van der Waals surface area contributed by atoms with Crippen molar-refractivity contribution in [2.45, 2.75) is 76.0 Å². The van der Waals surface area contributed by atoms with Crippen LogP contribution < -0.4 is 20.9 Å². The maximum absolute atomic E-state index is 13.3. The summed E-state index contributed by atoms with van der Waals surface area (Å²) in [6.07, 6.45) is 4.79. The van der Waals surface area contributed by atoms with E-state index in [4.69, 9.17) is 10.7 Å². The molecule has 7 rings (SSSR count). The van der Waals surface area contributed by atoms with Gasteiger partial charge in [-0.2, -0.15) is 0 Å². The maximum Gasteiger partial charge on any atom is 0.270 e. The summed E-state index contributed by atoms with van der Waals surface area (Å²) in [6.45, 7) is 8.33. The number of nitrogens with zero attached hydrogens (tertiary/aromatic N) is 3. The molecule has 8 nitrogen and oxygen atoms in total. The molecule has 1 saturated heterocycles. The predicted octanol–water partition coefficient (Wildman–Crippen LogP) is 3.23. The lowest BCUT2D eigenvalue weighted by Crippen LogP contribution is -2.61. The van der Waals surface area contributed by atoms with E-state index in [2.05, 4.69) is 34.2 Å². The molecule has 5 aliphatic rings. The van der Waals surface area contributed by atoms with Crippen LogP contribution in [0.4, 0.5) is 11.5 Å². The van der Waals surface area contributed by atoms with Crippen molar-refractivity contribution in [1.29, 1.82) is 0 Å². The Bertz CT molecular complexity index is 1250. The first-order chi connectivity index (χ1) is 18.5. The molecule has 1 aromatic carbocycles. The summed E-state index contributed by atoms with van der Waals surface area (Å²) in [4.78, 5) is 34.6. The molecule has 0 spiro atoms. The molecule has 2 heterocycles. The minimum absolute atomic E-state index is 0.105. The van der Waals surface area contributed by atoms with Crippen LogP contribution in [-0.2, 0) is 10.2 Å². The monoisotopic (exact) mass is 531 g/mol. The lowest BCUT2D eigenvalue weighted by Gasteiger charge is -2.58. The van der Waals surface area contributed by atoms with Gasteiger partial charge in [0.05, 0.1) is 11.0 Å². The Balaban J connectivity index is 1.10. The zero-order valence-corrected chi connectivity index (χ0v) is 23.3. The minimum atomic E-state index is -0.704. The Morgan fingerprint density at radius 3 is 2.36 bits per heavy atom. The van der Waals surface area contributed by atoms with E-state index in [9.17, 15) is 14.7 Å². The predicted molar refractivity (Wildman–Crippen MR) is 152 cm³/mol. The van der Waals surface area contributed by atoms with Gasteiger partial charge in [0.1, 0.15) is 11.5 Å². The zero-order valence-electron chi connectivity index (χ0n) is 23.3. The van der Waals surface area contributed by atoms with Crippen molar-refractivity contribution in [1.82, 2.24) is 10.3 Å². The molecule has 2 aromatic rings. The summed E-state index contributed by atoms with van der Waals surface area (Å²) in [5.74, 6) is 1.74. The van der Waals surface area contributed by atoms with Gasteiger partial charge in [-0.3, -0.25) is 9.59 Å². The van der Waals surface area contributed by atoms with E-state index in [0.29, 0.717) is 23.4 Å². The van der Waals surface area contributed by atoms with E-state index in [1.165, 1.54) is 0 Å². The average molecular weight is 532 g/mol. The summed E-state index contributed by atoms with van der Waals surface area (Å²) in [5, 5.41) is 14.2. The van der Waals surface area contributed by atoms with Crippen molar-refractivity contribution in [3.05, 3.63) is 53.7 Å². The Kier molecular flexibility index (Phi) is 6.36. The van der Waals surface area contributed by atoms with E-state index in [1.54, 1.807) is 6.07 Å². The highest BCUT2D eigenvalue weighted by molar-refractivity contribution is 5.93. The molecule has 4 bridgehead atoms. The van der Waals surface area contributed by atoms with Gasteiger partial charge in [0.15, 0.2) is 0 Å². The molecule has 2 unspecified atom stereocenters. The van der Waals surface area contributed by atoms with E-state index >= 15 is 0 Å². The number of rotatable bonds is 6. The third-order valence-electron chi connectivity index (χ3n) is 10.00. The molecule has 39 heavy (non-hydrogen) atoms. The van der Waals surface area contributed by atoms with Gasteiger partial charge in [0.2, 0.25) is 5.91 Å². The number of piperazine rings is 1. The highest BCUT2D eigenvalue weighted by atomic mass is 16.3. The number of nitrogens with two attached hydrogens (primary N) is 1. The summed E-state index contributed by atoms with van der Waals surface area (Å²) < 4.78 is 0. The number of carbonyl (C=O) groups excluding carboxylic acids is 2. The molecule has 4 aliphatic carbocycles. The molecule has 1 aliphatic heterocycles. The summed E-state index contributed by atoms with van der Waals surface area (Å²) >= 11 is 0. The van der Waals surface area contributed by atoms with Crippen LogP contribution >= 0.6 is 0 Å². The van der Waals surface area contributed by atoms with E-state index < -0.39 is 11.0 Å². The fourth-order valence-corrected chi connectivity index (χ4v) is 7.92. The lowest BCUT2D eigenvalue weighted by molar-refractivity contribution is -0.137. The number of hydrogen-bond acceptors (Lipinski definition) is 6. The molecule has 208 valence electrons. The van der Waals surface area contributed by atoms with Gasteiger partial charge >= 0.3 is 0 Å². The number of aliphatic hydroxyl groups is 1. The third kappa shape index (κ3) is 4.77. The van der Waals surface area contributed by atoms with Crippen molar-refractivity contribution in [3.8, 4) is 0 Å². The van der Waals surface area contributed by atoms with Crippen LogP contribution in [0.5, 0.6) is 0 Å². The summed E-state index contributed by atoms with van der Waals surface area (Å²) in [7, 11) is 0. The third-order valence-corrected chi connectivity index (χ3v) is 10.00. The Labute approximate surface area is 231 Å². The van der Waals surface area contributed by atoms with Crippen molar-refractivity contribution in [2.75, 3.05) is 29.4 Å². The Morgan fingerprint density at radius 2 is 1.74 bits per heavy atom. The van der Waals surface area contributed by atoms with Gasteiger partial charge < -0.3 is 26.0 Å². The van der Waals surface area contributed by atoms with Gasteiger partial charge in [0, 0.05) is 37.4 Å². The van der Waals surface area contributed by atoms with Crippen molar-refractivity contribution in [3.63, 3.8) is 0 Å². The van der Waals surface area contributed by atoms with Crippen molar-refractivity contribution >= 4 is 23.3 Å². The molecule has 8 heteroatoms. The SMILES string of the molecule is C[C@@H]1CN(c2ccc(C(C)(C)C(N)=O)cc2)CCN1c1cccc(C(=O)NC2C3CC4CC2CC(O)(C4)C3)n1. The second-order valence-electron chi connectivity index (χ2n) is 13.1. The fraction of sp³-hybridized carbons (Fsp3) is 0.581. The Hall–Kier alpha value is -3.13. The number of primary amides is 1. The van der Waals surface area contributed by atoms with Crippen LogP contribution in [0, 0.1) is 17.8 Å². The lowest BCUT2D eigenvalue weighted by atomic mass is 9.52. The summed E-state index contributed by atoms with van der Waals surface area (Å²) in [6, 6.07) is 14.2. The zero-order chi connectivity index (χ0) is 27.5. The van der Waals surface area contributed by atoms with Gasteiger partial charge in [0.25, 0.3) is 5.91 Å². The molecule has 3 atom stereocenters. The number of anilines is 2. The van der Waals surface area contributed by atoms with Crippen molar-refractivity contribution < 1.29 is 14.7 Å². The number of carbonyl (C=O) groups is 2. The molecular weight excluding hydrogens is 490 g/mol. The van der Waals surface area contributed by atoms with Gasteiger partial charge in [-0.15, -0.1) is 0 Å². The second kappa shape index (κ2) is 9.51. The standard InChI is InChI=1S/C31H41N5O3/c1-19-18-35(24-9-7-23(8-10-24)30(2,3)29(32)38)11-12-36(19)26-6-4-5-25(33-26)28(37)34-27-21-13-20-14-22(27)17-31(39,15-20)16-21/h4-10,19-22,27,39H,11-18H2,1-3H3,(H2,32,38)(H,34,37)/t19-,20?,21?,22?,27?,31?/m1/s1. The quantitative estimate of drug-likeness (QED) is 0.528. The number of aromatic nitrogens is 1. The van der Waals surface area contributed by atoms with Crippen LogP contribution in [-0.4, -0.2) is 59.2 Å².